The monoisotopic (exact) mass is 375 g/mol. The van der Waals surface area contributed by atoms with Crippen molar-refractivity contribution in [2.75, 3.05) is 6.54 Å². The van der Waals surface area contributed by atoms with E-state index in [1.165, 1.54) is 24.3 Å². The Bertz CT molecular complexity index is 759. The van der Waals surface area contributed by atoms with Gasteiger partial charge in [0.25, 0.3) is 0 Å². The maximum Gasteiger partial charge on any atom is 0.240 e. The molecule has 1 fully saturated rings. The molecule has 9 heteroatoms. The molecule has 136 valence electrons. The topological polar surface area (TPSA) is 118 Å². The van der Waals surface area contributed by atoms with Crippen LogP contribution in [0.3, 0.4) is 0 Å². The second-order valence-corrected chi connectivity index (χ2v) is 9.49. The molecule has 1 atom stereocenters. The van der Waals surface area contributed by atoms with Gasteiger partial charge in [0.05, 0.1) is 9.79 Å². The fourth-order valence-corrected chi connectivity index (χ4v) is 5.01. The molecule has 24 heavy (non-hydrogen) atoms. The molecule has 1 unspecified atom stereocenters. The van der Waals surface area contributed by atoms with E-state index in [-0.39, 0.29) is 28.4 Å². The van der Waals surface area contributed by atoms with Gasteiger partial charge in [-0.3, -0.25) is 0 Å². The van der Waals surface area contributed by atoms with Gasteiger partial charge < -0.3 is 5.73 Å². The Morgan fingerprint density at radius 2 is 1.79 bits per heavy atom. The fourth-order valence-electron chi connectivity index (χ4n) is 2.26. The van der Waals surface area contributed by atoms with E-state index in [1.54, 1.807) is 0 Å². The van der Waals surface area contributed by atoms with Crippen molar-refractivity contribution in [2.24, 2.45) is 5.73 Å². The second-order valence-electron chi connectivity index (χ2n) is 6.07. The maximum absolute atomic E-state index is 12.5. The van der Waals surface area contributed by atoms with E-state index < -0.39 is 20.0 Å². The van der Waals surface area contributed by atoms with Crippen LogP contribution in [-0.2, 0) is 20.0 Å². The highest BCUT2D eigenvalue weighted by Gasteiger charge is 2.29. The Morgan fingerprint density at radius 3 is 2.33 bits per heavy atom. The van der Waals surface area contributed by atoms with Crippen LogP contribution in [0.25, 0.3) is 0 Å². The van der Waals surface area contributed by atoms with Crippen LogP contribution in [-0.4, -0.2) is 35.5 Å². The normalized spacial score (nSPS) is 16.9. The van der Waals surface area contributed by atoms with Gasteiger partial charge in [0.1, 0.15) is 0 Å². The lowest BCUT2D eigenvalue weighted by Gasteiger charge is -2.17. The van der Waals surface area contributed by atoms with E-state index in [2.05, 4.69) is 9.44 Å². The molecule has 0 heterocycles. The van der Waals surface area contributed by atoms with Gasteiger partial charge in [-0.2, -0.15) is 0 Å². The number of hydrogen-bond acceptors (Lipinski definition) is 5. The SMILES string of the molecule is CCCCC(CN)NS(=O)(=O)c1cccc(S(=O)(=O)NC2CC2)c1. The van der Waals surface area contributed by atoms with Gasteiger partial charge in [-0.1, -0.05) is 25.8 Å². The highest BCUT2D eigenvalue weighted by atomic mass is 32.2. The summed E-state index contributed by atoms with van der Waals surface area (Å²) in [5, 5.41) is 0. The van der Waals surface area contributed by atoms with E-state index in [0.717, 1.165) is 25.7 Å². The molecule has 0 radical (unpaired) electrons. The van der Waals surface area contributed by atoms with E-state index in [4.69, 9.17) is 5.73 Å². The third-order valence-electron chi connectivity index (χ3n) is 3.84. The summed E-state index contributed by atoms with van der Waals surface area (Å²) in [5.41, 5.74) is 5.63. The summed E-state index contributed by atoms with van der Waals surface area (Å²) < 4.78 is 54.6. The lowest BCUT2D eigenvalue weighted by molar-refractivity contribution is 0.516. The second kappa shape index (κ2) is 7.92. The maximum atomic E-state index is 12.5. The molecule has 2 rings (SSSR count). The van der Waals surface area contributed by atoms with Crippen LogP contribution in [0, 0.1) is 0 Å². The molecule has 0 aromatic heterocycles. The molecule has 1 aromatic rings. The smallest absolute Gasteiger partial charge is 0.240 e. The van der Waals surface area contributed by atoms with Crippen molar-refractivity contribution < 1.29 is 16.8 Å². The van der Waals surface area contributed by atoms with Crippen LogP contribution in [0.15, 0.2) is 34.1 Å². The van der Waals surface area contributed by atoms with Gasteiger partial charge in [-0.05, 0) is 37.5 Å². The predicted molar refractivity (Wildman–Crippen MR) is 92.5 cm³/mol. The van der Waals surface area contributed by atoms with Gasteiger partial charge in [-0.15, -0.1) is 0 Å². The Balaban J connectivity index is 2.19. The summed E-state index contributed by atoms with van der Waals surface area (Å²) in [6.07, 6.45) is 4.08. The molecule has 1 aromatic carbocycles. The third-order valence-corrected chi connectivity index (χ3v) is 6.87. The number of rotatable bonds is 10. The minimum atomic E-state index is -3.82. The van der Waals surface area contributed by atoms with Crippen molar-refractivity contribution in [3.8, 4) is 0 Å². The van der Waals surface area contributed by atoms with Crippen molar-refractivity contribution in [3.05, 3.63) is 24.3 Å². The van der Waals surface area contributed by atoms with E-state index >= 15 is 0 Å². The number of nitrogens with one attached hydrogen (secondary N) is 2. The molecular weight excluding hydrogens is 350 g/mol. The van der Waals surface area contributed by atoms with Gasteiger partial charge in [0, 0.05) is 18.6 Å². The van der Waals surface area contributed by atoms with Crippen LogP contribution in [0.5, 0.6) is 0 Å². The number of nitrogens with two attached hydrogens (primary N) is 1. The van der Waals surface area contributed by atoms with Crippen molar-refractivity contribution in [1.82, 2.24) is 9.44 Å². The molecule has 1 aliphatic carbocycles. The Kier molecular flexibility index (Phi) is 6.38. The van der Waals surface area contributed by atoms with E-state index in [1.807, 2.05) is 6.92 Å². The van der Waals surface area contributed by atoms with Crippen LogP contribution in [0.4, 0.5) is 0 Å². The van der Waals surface area contributed by atoms with Crippen molar-refractivity contribution in [1.29, 1.82) is 0 Å². The molecule has 0 spiro atoms. The Morgan fingerprint density at radius 1 is 1.17 bits per heavy atom. The number of hydrogen-bond donors (Lipinski definition) is 3. The van der Waals surface area contributed by atoms with Gasteiger partial charge in [-0.25, -0.2) is 26.3 Å². The highest BCUT2D eigenvalue weighted by molar-refractivity contribution is 7.90. The summed E-state index contributed by atoms with van der Waals surface area (Å²) in [7, 11) is -7.51. The first-order chi connectivity index (χ1) is 11.3. The fraction of sp³-hybridized carbons (Fsp3) is 0.600. The average Bonchev–Trinajstić information content (AvgIpc) is 3.34. The summed E-state index contributed by atoms with van der Waals surface area (Å²) >= 11 is 0. The first kappa shape index (κ1) is 19.3. The van der Waals surface area contributed by atoms with Crippen molar-refractivity contribution >= 4 is 20.0 Å². The van der Waals surface area contributed by atoms with Crippen LogP contribution < -0.4 is 15.2 Å². The molecule has 0 aliphatic heterocycles. The molecule has 0 bridgehead atoms. The minimum absolute atomic E-state index is 0.0379. The Labute approximate surface area is 144 Å². The summed E-state index contributed by atoms with van der Waals surface area (Å²) in [6.45, 7) is 2.21. The van der Waals surface area contributed by atoms with Gasteiger partial charge >= 0.3 is 0 Å². The van der Waals surface area contributed by atoms with E-state index in [0.29, 0.717) is 6.42 Å². The first-order valence-electron chi connectivity index (χ1n) is 8.13. The number of sulfonamides is 2. The summed E-state index contributed by atoms with van der Waals surface area (Å²) in [6, 6.07) is 4.98. The van der Waals surface area contributed by atoms with Crippen LogP contribution in [0.2, 0.25) is 0 Å². The molecule has 7 nitrogen and oxygen atoms in total. The first-order valence-corrected chi connectivity index (χ1v) is 11.1. The van der Waals surface area contributed by atoms with Crippen molar-refractivity contribution in [3.63, 3.8) is 0 Å². The van der Waals surface area contributed by atoms with Crippen molar-refractivity contribution in [2.45, 2.75) is 60.9 Å². The molecule has 1 aliphatic rings. The average molecular weight is 376 g/mol. The van der Waals surface area contributed by atoms with Crippen LogP contribution >= 0.6 is 0 Å². The minimum Gasteiger partial charge on any atom is -0.329 e. The standard InChI is InChI=1S/C15H25N3O4S2/c1-2-3-5-13(11-16)18-24(21,22)15-7-4-6-14(10-15)23(19,20)17-12-8-9-12/h4,6-7,10,12-13,17-18H,2-3,5,8-9,11,16H2,1H3. The quantitative estimate of drug-likeness (QED) is 0.562. The summed E-state index contributed by atoms with van der Waals surface area (Å²) in [5.74, 6) is 0. The zero-order valence-corrected chi connectivity index (χ0v) is 15.4. The lowest BCUT2D eigenvalue weighted by atomic mass is 10.1. The predicted octanol–water partition coefficient (Wildman–Crippen LogP) is 0.923. The highest BCUT2D eigenvalue weighted by Crippen LogP contribution is 2.23. The van der Waals surface area contributed by atoms with Gasteiger partial charge in [0.15, 0.2) is 0 Å². The van der Waals surface area contributed by atoms with E-state index in [9.17, 15) is 16.8 Å². The van der Waals surface area contributed by atoms with Crippen LogP contribution in [0.1, 0.15) is 39.0 Å². The zero-order valence-electron chi connectivity index (χ0n) is 13.7. The number of benzene rings is 1. The van der Waals surface area contributed by atoms with Gasteiger partial charge in [0.2, 0.25) is 20.0 Å². The zero-order chi connectivity index (χ0) is 17.8. The molecule has 1 saturated carbocycles. The molecule has 0 saturated heterocycles. The summed E-state index contributed by atoms with van der Waals surface area (Å²) in [4.78, 5) is -0.119. The number of unbranched alkanes of at least 4 members (excludes halogenated alkanes) is 1. The lowest BCUT2D eigenvalue weighted by Crippen LogP contribution is -2.40. The molecule has 4 N–H and O–H groups in total. The Hall–Kier alpha value is -1.00. The molecule has 0 amide bonds. The third kappa shape index (κ3) is 5.25. The largest absolute Gasteiger partial charge is 0.329 e. The molecular formula is C15H25N3O4S2.